The van der Waals surface area contributed by atoms with Gasteiger partial charge in [0.2, 0.25) is 5.91 Å². The van der Waals surface area contributed by atoms with Crippen molar-refractivity contribution < 1.29 is 4.79 Å². The van der Waals surface area contributed by atoms with E-state index in [1.807, 2.05) is 49.3 Å². The minimum absolute atomic E-state index is 0.414. The maximum Gasteiger partial charge on any atom is 0.248 e. The van der Waals surface area contributed by atoms with Crippen molar-refractivity contribution in [2.45, 2.75) is 6.54 Å². The smallest absolute Gasteiger partial charge is 0.248 e. The summed E-state index contributed by atoms with van der Waals surface area (Å²) in [4.78, 5) is 13.1. The molecule has 0 saturated heterocycles. The zero-order chi connectivity index (χ0) is 15.4. The average Bonchev–Trinajstić information content (AvgIpc) is 2.46. The summed E-state index contributed by atoms with van der Waals surface area (Å²) in [6.45, 7) is 0.572. The van der Waals surface area contributed by atoms with Gasteiger partial charge in [-0.25, -0.2) is 0 Å². The second-order valence-electron chi connectivity index (χ2n) is 4.94. The highest BCUT2D eigenvalue weighted by Crippen LogP contribution is 2.25. The molecule has 2 aromatic carbocycles. The van der Waals surface area contributed by atoms with Gasteiger partial charge in [0, 0.05) is 31.2 Å². The molecule has 21 heavy (non-hydrogen) atoms. The Balaban J connectivity index is 2.15. The number of rotatable bonds is 5. The van der Waals surface area contributed by atoms with Gasteiger partial charge in [-0.05, 0) is 29.8 Å². The van der Waals surface area contributed by atoms with Crippen LogP contribution in [0.2, 0.25) is 5.02 Å². The molecule has 2 rings (SSSR count). The summed E-state index contributed by atoms with van der Waals surface area (Å²) in [6, 6.07) is 13.1. The highest BCUT2D eigenvalue weighted by atomic mass is 35.5. The summed E-state index contributed by atoms with van der Waals surface area (Å²) in [6.07, 6.45) is 0. The van der Waals surface area contributed by atoms with E-state index in [9.17, 15) is 4.79 Å². The standard InChI is InChI=1S/C16H18ClN3O/c1-20(2)15-6-4-3-5-14(15)19-10-12-8-7-11(16(18)21)9-13(12)17/h3-9,19H,10H2,1-2H3,(H2,18,21). The van der Waals surface area contributed by atoms with Crippen molar-refractivity contribution in [3.8, 4) is 0 Å². The van der Waals surface area contributed by atoms with E-state index in [1.165, 1.54) is 0 Å². The van der Waals surface area contributed by atoms with Crippen LogP contribution in [-0.4, -0.2) is 20.0 Å². The van der Waals surface area contributed by atoms with Crippen molar-refractivity contribution in [3.05, 3.63) is 58.6 Å². The van der Waals surface area contributed by atoms with Gasteiger partial charge in [0.25, 0.3) is 0 Å². The number of amides is 1. The highest BCUT2D eigenvalue weighted by Gasteiger charge is 2.07. The summed E-state index contributed by atoms with van der Waals surface area (Å²) >= 11 is 6.18. The van der Waals surface area contributed by atoms with Crippen molar-refractivity contribution in [1.82, 2.24) is 0 Å². The number of primary amides is 1. The lowest BCUT2D eigenvalue weighted by Gasteiger charge is -2.18. The molecule has 110 valence electrons. The molecule has 0 radical (unpaired) electrons. The number of nitrogens with two attached hydrogens (primary N) is 1. The Labute approximate surface area is 129 Å². The van der Waals surface area contributed by atoms with Crippen LogP contribution >= 0.6 is 11.6 Å². The Morgan fingerprint density at radius 2 is 1.95 bits per heavy atom. The molecular formula is C16H18ClN3O. The molecule has 0 atom stereocenters. The van der Waals surface area contributed by atoms with Crippen LogP contribution in [-0.2, 0) is 6.54 Å². The zero-order valence-electron chi connectivity index (χ0n) is 12.1. The molecule has 1 amide bonds. The van der Waals surface area contributed by atoms with E-state index >= 15 is 0 Å². The summed E-state index contributed by atoms with van der Waals surface area (Å²) in [5, 5.41) is 3.89. The fourth-order valence-electron chi connectivity index (χ4n) is 2.05. The lowest BCUT2D eigenvalue weighted by molar-refractivity contribution is 0.100. The second kappa shape index (κ2) is 6.50. The third kappa shape index (κ3) is 3.67. The van der Waals surface area contributed by atoms with E-state index in [0.29, 0.717) is 17.1 Å². The predicted octanol–water partition coefficient (Wildman–Crippen LogP) is 3.12. The molecule has 0 unspecified atom stereocenters. The van der Waals surface area contributed by atoms with E-state index in [2.05, 4.69) is 5.32 Å². The van der Waals surface area contributed by atoms with Crippen molar-refractivity contribution in [2.75, 3.05) is 24.3 Å². The Hall–Kier alpha value is -2.20. The maximum atomic E-state index is 11.1. The highest BCUT2D eigenvalue weighted by molar-refractivity contribution is 6.31. The van der Waals surface area contributed by atoms with Gasteiger partial charge in [-0.2, -0.15) is 0 Å². The maximum absolute atomic E-state index is 11.1. The van der Waals surface area contributed by atoms with Crippen molar-refractivity contribution >= 4 is 28.9 Å². The first kappa shape index (κ1) is 15.2. The number of nitrogens with one attached hydrogen (secondary N) is 1. The molecule has 0 aliphatic carbocycles. The Bertz CT molecular complexity index is 656. The van der Waals surface area contributed by atoms with Gasteiger partial charge < -0.3 is 16.0 Å². The Morgan fingerprint density at radius 1 is 1.24 bits per heavy atom. The minimum Gasteiger partial charge on any atom is -0.379 e. The molecule has 0 aromatic heterocycles. The molecule has 0 saturated carbocycles. The van der Waals surface area contributed by atoms with Gasteiger partial charge in [0.05, 0.1) is 11.4 Å². The largest absolute Gasteiger partial charge is 0.379 e. The van der Waals surface area contributed by atoms with Gasteiger partial charge in [0.15, 0.2) is 0 Å². The van der Waals surface area contributed by atoms with Gasteiger partial charge in [-0.3, -0.25) is 4.79 Å². The second-order valence-corrected chi connectivity index (χ2v) is 5.34. The number of halogens is 1. The summed E-state index contributed by atoms with van der Waals surface area (Å²) < 4.78 is 0. The molecule has 4 nitrogen and oxygen atoms in total. The van der Waals surface area contributed by atoms with E-state index in [0.717, 1.165) is 16.9 Å². The topological polar surface area (TPSA) is 58.4 Å². The van der Waals surface area contributed by atoms with E-state index in [-0.39, 0.29) is 0 Å². The van der Waals surface area contributed by atoms with Crippen LogP contribution in [0.5, 0.6) is 0 Å². The van der Waals surface area contributed by atoms with Crippen molar-refractivity contribution in [3.63, 3.8) is 0 Å². The zero-order valence-corrected chi connectivity index (χ0v) is 12.8. The van der Waals surface area contributed by atoms with E-state index in [4.69, 9.17) is 17.3 Å². The summed E-state index contributed by atoms with van der Waals surface area (Å²) in [7, 11) is 3.99. The predicted molar refractivity (Wildman–Crippen MR) is 88.1 cm³/mol. The number of anilines is 2. The first-order valence-electron chi connectivity index (χ1n) is 6.57. The molecule has 0 aliphatic heterocycles. The summed E-state index contributed by atoms with van der Waals surface area (Å²) in [5.74, 6) is -0.477. The molecule has 0 spiro atoms. The van der Waals surface area contributed by atoms with Crippen molar-refractivity contribution in [2.24, 2.45) is 5.73 Å². The lowest BCUT2D eigenvalue weighted by atomic mass is 10.1. The first-order valence-corrected chi connectivity index (χ1v) is 6.95. The molecule has 2 aromatic rings. The van der Waals surface area contributed by atoms with Gasteiger partial charge in [-0.1, -0.05) is 29.8 Å². The lowest BCUT2D eigenvalue weighted by Crippen LogP contribution is -2.13. The van der Waals surface area contributed by atoms with Crippen LogP contribution in [0.25, 0.3) is 0 Å². The Kier molecular flexibility index (Phi) is 4.70. The SMILES string of the molecule is CN(C)c1ccccc1NCc1ccc(C(N)=O)cc1Cl. The fourth-order valence-corrected chi connectivity index (χ4v) is 2.29. The fraction of sp³-hybridized carbons (Fsp3) is 0.188. The Morgan fingerprint density at radius 3 is 2.57 bits per heavy atom. The van der Waals surface area contributed by atoms with Crippen LogP contribution < -0.4 is 16.0 Å². The third-order valence-electron chi connectivity index (χ3n) is 3.19. The minimum atomic E-state index is -0.477. The number of hydrogen-bond acceptors (Lipinski definition) is 3. The quantitative estimate of drug-likeness (QED) is 0.892. The number of nitrogens with zero attached hydrogens (tertiary/aromatic N) is 1. The van der Waals surface area contributed by atoms with Crippen LogP contribution in [0.3, 0.4) is 0 Å². The molecule has 5 heteroatoms. The molecule has 0 bridgehead atoms. The van der Waals surface area contributed by atoms with E-state index in [1.54, 1.807) is 12.1 Å². The van der Waals surface area contributed by atoms with Gasteiger partial charge in [0.1, 0.15) is 0 Å². The molecule has 0 fully saturated rings. The number of carbonyl (C=O) groups is 1. The summed E-state index contributed by atoms with van der Waals surface area (Å²) in [5.41, 5.74) is 8.68. The number of hydrogen-bond donors (Lipinski definition) is 2. The van der Waals surface area contributed by atoms with Gasteiger partial charge >= 0.3 is 0 Å². The molecule has 0 aliphatic rings. The van der Waals surface area contributed by atoms with Crippen LogP contribution in [0.4, 0.5) is 11.4 Å². The third-order valence-corrected chi connectivity index (χ3v) is 3.54. The first-order chi connectivity index (χ1) is 9.99. The van der Waals surface area contributed by atoms with E-state index < -0.39 is 5.91 Å². The average molecular weight is 304 g/mol. The molecule has 0 heterocycles. The molecular weight excluding hydrogens is 286 g/mol. The van der Waals surface area contributed by atoms with Crippen molar-refractivity contribution in [1.29, 1.82) is 0 Å². The van der Waals surface area contributed by atoms with Crippen LogP contribution in [0.1, 0.15) is 15.9 Å². The molecule has 3 N–H and O–H groups in total. The normalized spacial score (nSPS) is 10.2. The number of carbonyl (C=O) groups excluding carboxylic acids is 1. The number of benzene rings is 2. The number of para-hydroxylation sites is 2. The van der Waals surface area contributed by atoms with Gasteiger partial charge in [-0.15, -0.1) is 0 Å². The van der Waals surface area contributed by atoms with Crippen LogP contribution in [0.15, 0.2) is 42.5 Å². The van der Waals surface area contributed by atoms with Crippen LogP contribution in [0, 0.1) is 0 Å². The monoisotopic (exact) mass is 303 g/mol.